The van der Waals surface area contributed by atoms with Gasteiger partial charge in [0.15, 0.2) is 12.2 Å². The highest BCUT2D eigenvalue weighted by Gasteiger charge is 2.30. The van der Waals surface area contributed by atoms with Crippen molar-refractivity contribution < 1.29 is 80.2 Å². The van der Waals surface area contributed by atoms with Crippen LogP contribution in [0, 0.1) is 11.8 Å². The topological polar surface area (TPSA) is 237 Å². The summed E-state index contributed by atoms with van der Waals surface area (Å²) in [5.41, 5.74) is 0. The molecule has 0 saturated heterocycles. The fourth-order valence-electron chi connectivity index (χ4n) is 11.4. The number of carbonyl (C=O) groups excluding carboxylic acids is 4. The Morgan fingerprint density at radius 3 is 0.809 bits per heavy atom. The Morgan fingerprint density at radius 2 is 0.543 bits per heavy atom. The van der Waals surface area contributed by atoms with Gasteiger partial charge in [0.2, 0.25) is 0 Å². The highest BCUT2D eigenvalue weighted by Crippen LogP contribution is 2.45. The SMILES string of the molecule is CCCCCCCCCCCCC(=O)O[C@H](COC(=O)CCCCCCCCCCC)COP(=O)(O)OC[C@H](O)COP(=O)(O)OC[C@@H](COC(=O)CCCCCCCCCCCCCCCCC(C)C)OC(=O)CCCCCCCCCCCCCCCCC(C)CC. The van der Waals surface area contributed by atoms with Gasteiger partial charge < -0.3 is 33.8 Å². The Hall–Kier alpha value is -1.94. The van der Waals surface area contributed by atoms with Gasteiger partial charge >= 0.3 is 39.5 Å². The van der Waals surface area contributed by atoms with E-state index in [0.717, 1.165) is 102 Å². The molecule has 3 N–H and O–H groups in total. The van der Waals surface area contributed by atoms with E-state index in [9.17, 15) is 43.2 Å². The van der Waals surface area contributed by atoms with Gasteiger partial charge in [-0.1, -0.05) is 337 Å². The fraction of sp³-hybridized carbons (Fsp3) is 0.947. The summed E-state index contributed by atoms with van der Waals surface area (Å²) in [7, 11) is -9.90. The number of esters is 4. The molecule has 0 heterocycles. The van der Waals surface area contributed by atoms with Crippen LogP contribution in [0.1, 0.15) is 388 Å². The standard InChI is InChI=1S/C75H146O17P2/c1-7-10-12-14-16-18-34-41-47-53-59-74(79)91-70(63-85-72(77)57-51-45-39-31-17-15-13-11-8-2)65-89-93(81,82)87-61-69(76)62-88-94(83,84)90-66-71(64-86-73(78)58-52-46-40-35-29-25-21-19-23-27-32-37-43-49-55-67(4)5)92-75(80)60-54-48-42-36-30-26-22-20-24-28-33-38-44-50-56-68(6)9-3/h67-71,76H,7-66H2,1-6H3,(H,81,82)(H,83,84)/t68?,69-,70+,71+/m0/s1. The summed E-state index contributed by atoms with van der Waals surface area (Å²) in [4.78, 5) is 72.7. The van der Waals surface area contributed by atoms with Gasteiger partial charge in [-0.25, -0.2) is 9.13 Å². The number of hydrogen-bond donors (Lipinski definition) is 3. The molecule has 0 aliphatic rings. The van der Waals surface area contributed by atoms with Gasteiger partial charge in [-0.3, -0.25) is 37.3 Å². The minimum atomic E-state index is -4.96. The lowest BCUT2D eigenvalue weighted by Crippen LogP contribution is -2.30. The van der Waals surface area contributed by atoms with Crippen LogP contribution in [0.5, 0.6) is 0 Å². The van der Waals surface area contributed by atoms with Crippen LogP contribution >= 0.6 is 15.6 Å². The van der Waals surface area contributed by atoms with E-state index in [1.807, 2.05) is 0 Å². The molecule has 0 radical (unpaired) electrons. The lowest BCUT2D eigenvalue weighted by Gasteiger charge is -2.21. The normalized spacial score (nSPS) is 14.3. The number of ether oxygens (including phenoxy) is 4. The number of phosphoric acid groups is 2. The number of aliphatic hydroxyl groups excluding tert-OH is 1. The van der Waals surface area contributed by atoms with Gasteiger partial charge in [-0.2, -0.15) is 0 Å². The third-order valence-corrected chi connectivity index (χ3v) is 19.7. The average molecular weight is 1380 g/mol. The van der Waals surface area contributed by atoms with E-state index in [2.05, 4.69) is 41.5 Å². The average Bonchev–Trinajstić information content (AvgIpc) is 1.50. The lowest BCUT2D eigenvalue weighted by molar-refractivity contribution is -0.161. The Kier molecular flexibility index (Phi) is 65.5. The van der Waals surface area contributed by atoms with Crippen molar-refractivity contribution in [3.05, 3.63) is 0 Å². The maximum absolute atomic E-state index is 13.1. The molecule has 0 rings (SSSR count). The van der Waals surface area contributed by atoms with Crippen molar-refractivity contribution in [2.45, 2.75) is 407 Å². The monoisotopic (exact) mass is 1380 g/mol. The first-order valence-corrected chi connectivity index (χ1v) is 42.0. The van der Waals surface area contributed by atoms with Crippen molar-refractivity contribution in [3.63, 3.8) is 0 Å². The van der Waals surface area contributed by atoms with Crippen LogP contribution in [-0.2, 0) is 65.4 Å². The maximum atomic E-state index is 13.1. The smallest absolute Gasteiger partial charge is 0.462 e. The molecule has 0 aromatic carbocycles. The van der Waals surface area contributed by atoms with Crippen LogP contribution in [0.3, 0.4) is 0 Å². The molecule has 0 saturated carbocycles. The Morgan fingerprint density at radius 1 is 0.309 bits per heavy atom. The number of hydrogen-bond acceptors (Lipinski definition) is 15. The zero-order chi connectivity index (χ0) is 69.3. The minimum absolute atomic E-state index is 0.106. The van der Waals surface area contributed by atoms with E-state index in [1.54, 1.807) is 0 Å². The van der Waals surface area contributed by atoms with Crippen LogP contribution in [0.25, 0.3) is 0 Å². The third-order valence-electron chi connectivity index (χ3n) is 17.8. The first-order valence-electron chi connectivity index (χ1n) is 39.0. The molecule has 0 fully saturated rings. The molecule has 0 aromatic heterocycles. The predicted octanol–water partition coefficient (Wildman–Crippen LogP) is 21.9. The van der Waals surface area contributed by atoms with Crippen molar-refractivity contribution in [1.82, 2.24) is 0 Å². The second-order valence-electron chi connectivity index (χ2n) is 27.8. The molecule has 6 atom stereocenters. The first kappa shape index (κ1) is 92.1. The Balaban J connectivity index is 5.21. The zero-order valence-electron chi connectivity index (χ0n) is 61.3. The number of phosphoric ester groups is 2. The highest BCUT2D eigenvalue weighted by molar-refractivity contribution is 7.47. The molecule has 19 heteroatoms. The van der Waals surface area contributed by atoms with Crippen molar-refractivity contribution in [1.29, 1.82) is 0 Å². The summed E-state index contributed by atoms with van der Waals surface area (Å²) in [6.07, 6.45) is 54.0. The van der Waals surface area contributed by atoms with Gasteiger partial charge in [-0.05, 0) is 37.5 Å². The Labute approximate surface area is 575 Å². The van der Waals surface area contributed by atoms with E-state index in [0.29, 0.717) is 25.7 Å². The number of aliphatic hydroxyl groups is 1. The second kappa shape index (κ2) is 66.9. The summed E-state index contributed by atoms with van der Waals surface area (Å²) in [6.45, 7) is 9.64. The number of carbonyl (C=O) groups is 4. The van der Waals surface area contributed by atoms with Crippen LogP contribution in [0.4, 0.5) is 0 Å². The zero-order valence-corrected chi connectivity index (χ0v) is 63.1. The van der Waals surface area contributed by atoms with Gasteiger partial charge in [0, 0.05) is 25.7 Å². The molecule has 0 aromatic rings. The van der Waals surface area contributed by atoms with E-state index < -0.39 is 97.5 Å². The largest absolute Gasteiger partial charge is 0.472 e. The van der Waals surface area contributed by atoms with Crippen molar-refractivity contribution in [2.24, 2.45) is 11.8 Å². The third kappa shape index (κ3) is 67.3. The maximum Gasteiger partial charge on any atom is 0.472 e. The molecule has 17 nitrogen and oxygen atoms in total. The van der Waals surface area contributed by atoms with E-state index in [-0.39, 0.29) is 25.7 Å². The molecule has 3 unspecified atom stereocenters. The van der Waals surface area contributed by atoms with Crippen molar-refractivity contribution >= 4 is 39.5 Å². The van der Waals surface area contributed by atoms with Crippen molar-refractivity contribution in [2.75, 3.05) is 39.6 Å². The van der Waals surface area contributed by atoms with E-state index in [1.165, 1.54) is 205 Å². The summed E-state index contributed by atoms with van der Waals surface area (Å²) in [5.74, 6) is -0.473. The lowest BCUT2D eigenvalue weighted by atomic mass is 9.99. The van der Waals surface area contributed by atoms with Crippen LogP contribution in [-0.4, -0.2) is 96.7 Å². The van der Waals surface area contributed by atoms with Crippen LogP contribution in [0.2, 0.25) is 0 Å². The quantitative estimate of drug-likeness (QED) is 0.0222. The molecular formula is C75H146O17P2. The number of unbranched alkanes of at least 4 members (excludes halogenated alkanes) is 43. The second-order valence-corrected chi connectivity index (χ2v) is 30.7. The van der Waals surface area contributed by atoms with E-state index in [4.69, 9.17) is 37.0 Å². The molecule has 0 spiro atoms. The molecule has 558 valence electrons. The van der Waals surface area contributed by atoms with Gasteiger partial charge in [-0.15, -0.1) is 0 Å². The Bertz CT molecular complexity index is 1820. The molecular weight excluding hydrogens is 1230 g/mol. The first-order chi connectivity index (χ1) is 45.4. The fourth-order valence-corrected chi connectivity index (χ4v) is 13.0. The van der Waals surface area contributed by atoms with Crippen LogP contribution in [0.15, 0.2) is 0 Å². The minimum Gasteiger partial charge on any atom is -0.462 e. The summed E-state index contributed by atoms with van der Waals surface area (Å²) >= 11 is 0. The van der Waals surface area contributed by atoms with E-state index >= 15 is 0 Å². The van der Waals surface area contributed by atoms with Crippen molar-refractivity contribution in [3.8, 4) is 0 Å². The van der Waals surface area contributed by atoms with Gasteiger partial charge in [0.1, 0.15) is 19.3 Å². The molecule has 94 heavy (non-hydrogen) atoms. The highest BCUT2D eigenvalue weighted by atomic mass is 31.2. The molecule has 0 aliphatic carbocycles. The molecule has 0 amide bonds. The summed E-state index contributed by atoms with van der Waals surface area (Å²) in [6, 6.07) is 0. The summed E-state index contributed by atoms with van der Waals surface area (Å²) < 4.78 is 68.4. The molecule has 0 aliphatic heterocycles. The predicted molar refractivity (Wildman–Crippen MR) is 381 cm³/mol. The molecule has 0 bridgehead atoms. The van der Waals surface area contributed by atoms with Gasteiger partial charge in [0.25, 0.3) is 0 Å². The summed E-state index contributed by atoms with van der Waals surface area (Å²) in [5, 5.41) is 10.6. The van der Waals surface area contributed by atoms with Crippen LogP contribution < -0.4 is 0 Å². The number of rotatable bonds is 74. The van der Waals surface area contributed by atoms with Gasteiger partial charge in [0.05, 0.1) is 26.4 Å².